The van der Waals surface area contributed by atoms with Crippen molar-refractivity contribution in [3.8, 4) is 11.5 Å². The first kappa shape index (κ1) is 23.6. The number of ether oxygens (including phenoxy) is 2. The van der Waals surface area contributed by atoms with Crippen molar-refractivity contribution in [2.45, 2.75) is 31.1 Å². The second-order valence-corrected chi connectivity index (χ2v) is 9.75. The summed E-state index contributed by atoms with van der Waals surface area (Å²) < 4.78 is 38.6. The van der Waals surface area contributed by atoms with Crippen LogP contribution in [0.1, 0.15) is 25.0 Å². The highest BCUT2D eigenvalue weighted by molar-refractivity contribution is 7.92. The maximum atomic E-state index is 12.8. The van der Waals surface area contributed by atoms with Gasteiger partial charge in [-0.15, -0.1) is 0 Å². The fraction of sp³-hybridized carbons (Fsp3) is 0.333. The number of hydrogen-bond acceptors (Lipinski definition) is 8. The van der Waals surface area contributed by atoms with Crippen LogP contribution in [0.4, 0.5) is 23.1 Å². The van der Waals surface area contributed by atoms with Crippen LogP contribution in [-0.4, -0.2) is 45.7 Å². The molecule has 2 aromatic carbocycles. The molecule has 180 valence electrons. The molecule has 10 heteroatoms. The highest BCUT2D eigenvalue weighted by Gasteiger charge is 2.18. The molecule has 0 atom stereocenters. The monoisotopic (exact) mass is 483 g/mol. The Balaban J connectivity index is 1.47. The zero-order valence-electron chi connectivity index (χ0n) is 19.5. The van der Waals surface area contributed by atoms with Crippen molar-refractivity contribution in [3.63, 3.8) is 0 Å². The van der Waals surface area contributed by atoms with Crippen molar-refractivity contribution in [2.24, 2.45) is 0 Å². The number of anilines is 4. The third-order valence-electron chi connectivity index (χ3n) is 5.58. The highest BCUT2D eigenvalue weighted by atomic mass is 32.2. The predicted octanol–water partition coefficient (Wildman–Crippen LogP) is 4.34. The van der Waals surface area contributed by atoms with Gasteiger partial charge in [0.05, 0.1) is 19.1 Å². The summed E-state index contributed by atoms with van der Waals surface area (Å²) in [5, 5.41) is 3.22. The van der Waals surface area contributed by atoms with E-state index in [0.29, 0.717) is 23.1 Å². The van der Waals surface area contributed by atoms with Crippen molar-refractivity contribution >= 4 is 33.2 Å². The molecule has 2 N–H and O–H groups in total. The van der Waals surface area contributed by atoms with E-state index in [4.69, 9.17) is 9.47 Å². The molecule has 4 rings (SSSR count). The van der Waals surface area contributed by atoms with E-state index in [1.807, 2.05) is 13.0 Å². The summed E-state index contributed by atoms with van der Waals surface area (Å²) in [5.74, 6) is 2.24. The number of hydrogen-bond donors (Lipinski definition) is 2. The molecule has 1 aromatic heterocycles. The Morgan fingerprint density at radius 1 is 0.853 bits per heavy atom. The second kappa shape index (κ2) is 10.2. The van der Waals surface area contributed by atoms with Gasteiger partial charge in [-0.3, -0.25) is 4.72 Å². The largest absolute Gasteiger partial charge is 0.493 e. The first-order chi connectivity index (χ1) is 16.4. The number of aryl methyl sites for hydroxylation is 1. The van der Waals surface area contributed by atoms with Crippen molar-refractivity contribution in [1.29, 1.82) is 0 Å². The number of methoxy groups -OCH3 is 2. The third kappa shape index (κ3) is 5.51. The summed E-state index contributed by atoms with van der Waals surface area (Å²) in [5.41, 5.74) is 2.07. The van der Waals surface area contributed by atoms with Crippen LogP contribution < -0.4 is 24.4 Å². The number of piperidine rings is 1. The Morgan fingerprint density at radius 3 is 2.21 bits per heavy atom. The van der Waals surface area contributed by atoms with Crippen molar-refractivity contribution < 1.29 is 17.9 Å². The summed E-state index contributed by atoms with van der Waals surface area (Å²) in [6.45, 7) is 3.96. The molecule has 1 fully saturated rings. The first-order valence-electron chi connectivity index (χ1n) is 11.1. The van der Waals surface area contributed by atoms with Gasteiger partial charge in [0.25, 0.3) is 10.0 Å². The van der Waals surface area contributed by atoms with E-state index in [1.165, 1.54) is 45.6 Å². The highest BCUT2D eigenvalue weighted by Crippen LogP contribution is 2.30. The lowest BCUT2D eigenvalue weighted by Crippen LogP contribution is -2.30. The van der Waals surface area contributed by atoms with Gasteiger partial charge in [-0.25, -0.2) is 13.4 Å². The van der Waals surface area contributed by atoms with E-state index in [1.54, 1.807) is 30.3 Å². The summed E-state index contributed by atoms with van der Waals surface area (Å²) in [6, 6.07) is 13.4. The van der Waals surface area contributed by atoms with Crippen molar-refractivity contribution in [1.82, 2.24) is 9.97 Å². The molecule has 0 spiro atoms. The first-order valence-corrected chi connectivity index (χ1v) is 12.6. The Kier molecular flexibility index (Phi) is 7.06. The summed E-state index contributed by atoms with van der Waals surface area (Å²) >= 11 is 0. The molecule has 1 aliphatic heterocycles. The average molecular weight is 484 g/mol. The van der Waals surface area contributed by atoms with Gasteiger partial charge in [0.2, 0.25) is 5.95 Å². The van der Waals surface area contributed by atoms with E-state index in [-0.39, 0.29) is 4.90 Å². The minimum absolute atomic E-state index is 0.0748. The van der Waals surface area contributed by atoms with Crippen molar-refractivity contribution in [3.05, 3.63) is 54.2 Å². The standard InChI is InChI=1S/C24H29N5O4S/c1-17-15-23(29-13-5-4-6-14-29)27-24(25-17)26-18-7-9-19(10-8-18)28-34(30,31)20-11-12-21(32-2)22(16-20)33-3/h7-12,15-16,28H,4-6,13-14H2,1-3H3,(H,25,26,27). The number of nitrogens with one attached hydrogen (secondary N) is 2. The zero-order valence-corrected chi connectivity index (χ0v) is 20.4. The molecule has 0 bridgehead atoms. The molecule has 0 unspecified atom stereocenters. The van der Waals surface area contributed by atoms with E-state index in [9.17, 15) is 8.42 Å². The van der Waals surface area contributed by atoms with Crippen LogP contribution in [0, 0.1) is 6.92 Å². The van der Waals surface area contributed by atoms with E-state index >= 15 is 0 Å². The minimum Gasteiger partial charge on any atom is -0.493 e. The van der Waals surface area contributed by atoms with Crippen LogP contribution in [0.3, 0.4) is 0 Å². The maximum absolute atomic E-state index is 12.8. The molecule has 34 heavy (non-hydrogen) atoms. The summed E-state index contributed by atoms with van der Waals surface area (Å²) in [6.07, 6.45) is 3.60. The molecular weight excluding hydrogens is 454 g/mol. The van der Waals surface area contributed by atoms with Crippen LogP contribution in [0.15, 0.2) is 53.4 Å². The zero-order chi connectivity index (χ0) is 24.1. The summed E-state index contributed by atoms with van der Waals surface area (Å²) in [4.78, 5) is 11.5. The number of aromatic nitrogens is 2. The van der Waals surface area contributed by atoms with E-state index < -0.39 is 10.0 Å². The third-order valence-corrected chi connectivity index (χ3v) is 6.96. The molecule has 0 radical (unpaired) electrons. The molecule has 1 saturated heterocycles. The van der Waals surface area contributed by atoms with Crippen LogP contribution in [0.25, 0.3) is 0 Å². The Hall–Kier alpha value is -3.53. The molecule has 9 nitrogen and oxygen atoms in total. The van der Waals surface area contributed by atoms with Gasteiger partial charge >= 0.3 is 0 Å². The average Bonchev–Trinajstić information content (AvgIpc) is 2.85. The molecule has 3 aromatic rings. The van der Waals surface area contributed by atoms with Gasteiger partial charge in [0, 0.05) is 42.3 Å². The number of sulfonamides is 1. The van der Waals surface area contributed by atoms with Gasteiger partial charge in [0.1, 0.15) is 5.82 Å². The lowest BCUT2D eigenvalue weighted by atomic mass is 10.1. The molecular formula is C24H29N5O4S. The van der Waals surface area contributed by atoms with E-state index in [2.05, 4.69) is 24.9 Å². The normalized spacial score (nSPS) is 13.9. The van der Waals surface area contributed by atoms with Gasteiger partial charge in [-0.1, -0.05) is 0 Å². The van der Waals surface area contributed by atoms with Gasteiger partial charge < -0.3 is 19.7 Å². The minimum atomic E-state index is -3.80. The maximum Gasteiger partial charge on any atom is 0.262 e. The summed E-state index contributed by atoms with van der Waals surface area (Å²) in [7, 11) is -0.847. The van der Waals surface area contributed by atoms with E-state index in [0.717, 1.165) is 30.3 Å². The Morgan fingerprint density at radius 2 is 1.53 bits per heavy atom. The Bertz CT molecular complexity index is 1240. The number of benzene rings is 2. The van der Waals surface area contributed by atoms with Gasteiger partial charge in [0.15, 0.2) is 11.5 Å². The predicted molar refractivity (Wildman–Crippen MR) is 133 cm³/mol. The fourth-order valence-electron chi connectivity index (χ4n) is 3.84. The smallest absolute Gasteiger partial charge is 0.262 e. The van der Waals surface area contributed by atoms with Gasteiger partial charge in [-0.05, 0) is 62.6 Å². The fourth-order valence-corrected chi connectivity index (χ4v) is 4.91. The Labute approximate surface area is 200 Å². The lowest BCUT2D eigenvalue weighted by molar-refractivity contribution is 0.354. The topological polar surface area (TPSA) is 106 Å². The molecule has 0 saturated carbocycles. The second-order valence-electron chi connectivity index (χ2n) is 8.06. The molecule has 2 heterocycles. The molecule has 0 aliphatic carbocycles. The lowest BCUT2D eigenvalue weighted by Gasteiger charge is -2.28. The van der Waals surface area contributed by atoms with Gasteiger partial charge in [-0.2, -0.15) is 4.98 Å². The number of nitrogens with zero attached hydrogens (tertiary/aromatic N) is 3. The number of rotatable bonds is 8. The molecule has 0 amide bonds. The van der Waals surface area contributed by atoms with Crippen molar-refractivity contribution in [2.75, 3.05) is 42.2 Å². The SMILES string of the molecule is COc1ccc(S(=O)(=O)Nc2ccc(Nc3nc(C)cc(N4CCCCC4)n3)cc2)cc1OC. The molecule has 1 aliphatic rings. The quantitative estimate of drug-likeness (QED) is 0.488. The van der Waals surface area contributed by atoms with Crippen LogP contribution in [0.5, 0.6) is 11.5 Å². The van der Waals surface area contributed by atoms with Crippen LogP contribution in [0.2, 0.25) is 0 Å². The van der Waals surface area contributed by atoms with Crippen LogP contribution in [-0.2, 0) is 10.0 Å². The van der Waals surface area contributed by atoms with Crippen LogP contribution >= 0.6 is 0 Å².